The summed E-state index contributed by atoms with van der Waals surface area (Å²) in [6, 6.07) is 0. The molecule has 4 saturated heterocycles. The summed E-state index contributed by atoms with van der Waals surface area (Å²) in [5.74, 6) is -9.74. The molecule has 0 spiro atoms. The summed E-state index contributed by atoms with van der Waals surface area (Å²) in [5, 5.41) is 127. The van der Waals surface area contributed by atoms with Gasteiger partial charge in [0.25, 0.3) is 0 Å². The molecule has 16 atom stereocenters. The summed E-state index contributed by atoms with van der Waals surface area (Å²) >= 11 is 0. The highest BCUT2D eigenvalue weighted by atomic mass is 16.8. The van der Waals surface area contributed by atoms with Gasteiger partial charge in [-0.2, -0.15) is 0 Å². The number of rotatable bonds is 16. The van der Waals surface area contributed by atoms with Crippen molar-refractivity contribution in [2.45, 2.75) is 149 Å². The van der Waals surface area contributed by atoms with Crippen LogP contribution in [0.25, 0.3) is 0 Å². The second-order valence-corrected chi connectivity index (χ2v) is 15.9. The molecule has 4 aliphatic heterocycles. The van der Waals surface area contributed by atoms with Crippen molar-refractivity contribution in [3.05, 3.63) is 0 Å². The Morgan fingerprint density at radius 1 is 0.453 bits per heavy atom. The molecular formula is C32H58O21. The van der Waals surface area contributed by atoms with Crippen LogP contribution < -0.4 is 0 Å². The molecule has 0 aromatic heterocycles. The zero-order chi connectivity index (χ0) is 39.9. The molecule has 53 heavy (non-hydrogen) atoms. The Labute approximate surface area is 306 Å². The fourth-order valence-corrected chi connectivity index (χ4v) is 6.32. The Kier molecular flexibility index (Phi) is 14.0. The summed E-state index contributed by atoms with van der Waals surface area (Å²) in [7, 11) is 0. The SMILES string of the molecule is CC(C)(C)OCC1OC(CO)(OCC2OC(COC3(CO)OC(COC(C)(C)C)C(O)C3O)(OCC3OC(O)(CO)C(O)C3O)C(O)C2O)C(O)C1O. The number of hydrogen-bond donors (Lipinski definition) is 12. The van der Waals surface area contributed by atoms with E-state index in [1.807, 2.05) is 0 Å². The van der Waals surface area contributed by atoms with Crippen molar-refractivity contribution in [3.63, 3.8) is 0 Å². The molecule has 0 amide bonds. The third-order valence-corrected chi connectivity index (χ3v) is 9.57. The molecule has 312 valence electrons. The van der Waals surface area contributed by atoms with Gasteiger partial charge in [0.1, 0.15) is 93.1 Å². The molecule has 16 unspecified atom stereocenters. The van der Waals surface area contributed by atoms with Gasteiger partial charge in [0.05, 0.1) is 44.2 Å². The standard InChI is InChI=1S/C32H58O21/c1-27(2,3)45-7-16-20(37)24(41)30(12-34,51-16)47-10-18-22(39)26(43)32(53-18,48-9-15-19(36)23(40)29(44,11-33)50-15)14-49-31(13-35)25(42)21(38)17(52-31)8-46-28(4,5)6/h15-26,33-44H,7-14H2,1-6H3. The van der Waals surface area contributed by atoms with Crippen LogP contribution in [0.5, 0.6) is 0 Å². The Morgan fingerprint density at radius 2 is 0.792 bits per heavy atom. The van der Waals surface area contributed by atoms with Crippen molar-refractivity contribution >= 4 is 0 Å². The van der Waals surface area contributed by atoms with E-state index in [1.54, 1.807) is 41.5 Å². The zero-order valence-corrected chi connectivity index (χ0v) is 30.6. The van der Waals surface area contributed by atoms with Crippen LogP contribution >= 0.6 is 0 Å². The summed E-state index contributed by atoms with van der Waals surface area (Å²) < 4.78 is 51.2. The molecule has 12 N–H and O–H groups in total. The van der Waals surface area contributed by atoms with Crippen LogP contribution in [0.2, 0.25) is 0 Å². The first-order chi connectivity index (χ1) is 24.4. The van der Waals surface area contributed by atoms with E-state index in [-0.39, 0.29) is 13.2 Å². The lowest BCUT2D eigenvalue weighted by Gasteiger charge is -2.38. The van der Waals surface area contributed by atoms with Gasteiger partial charge in [-0.1, -0.05) is 0 Å². The zero-order valence-electron chi connectivity index (χ0n) is 30.6. The monoisotopic (exact) mass is 778 g/mol. The topological polar surface area (TPSA) is 326 Å². The molecule has 4 heterocycles. The Balaban J connectivity index is 1.56. The molecule has 4 fully saturated rings. The van der Waals surface area contributed by atoms with Gasteiger partial charge in [-0.25, -0.2) is 0 Å². The van der Waals surface area contributed by atoms with E-state index in [4.69, 9.17) is 42.6 Å². The molecule has 0 aliphatic carbocycles. The maximum absolute atomic E-state index is 11.4. The molecular weight excluding hydrogens is 720 g/mol. The molecule has 0 aromatic carbocycles. The first-order valence-corrected chi connectivity index (χ1v) is 17.3. The summed E-state index contributed by atoms with van der Waals surface area (Å²) in [4.78, 5) is 0. The van der Waals surface area contributed by atoms with Crippen molar-refractivity contribution in [3.8, 4) is 0 Å². The smallest absolute Gasteiger partial charge is 0.222 e. The van der Waals surface area contributed by atoms with Crippen molar-refractivity contribution < 1.29 is 104 Å². The molecule has 4 rings (SSSR count). The molecule has 21 nitrogen and oxygen atoms in total. The van der Waals surface area contributed by atoms with Gasteiger partial charge in [0.15, 0.2) is 0 Å². The lowest BCUT2D eigenvalue weighted by molar-refractivity contribution is -0.349. The minimum Gasteiger partial charge on any atom is -0.391 e. The quantitative estimate of drug-likeness (QED) is 0.0694. The number of aliphatic hydroxyl groups is 12. The van der Waals surface area contributed by atoms with Gasteiger partial charge in [-0.05, 0) is 41.5 Å². The molecule has 0 bridgehead atoms. The van der Waals surface area contributed by atoms with Gasteiger partial charge in [-0.15, -0.1) is 0 Å². The van der Waals surface area contributed by atoms with Gasteiger partial charge in [-0.3, -0.25) is 0 Å². The van der Waals surface area contributed by atoms with E-state index in [2.05, 4.69) is 0 Å². The van der Waals surface area contributed by atoms with E-state index in [0.717, 1.165) is 0 Å². The Hall–Kier alpha value is -0.840. The molecule has 21 heteroatoms. The molecule has 0 aromatic rings. The van der Waals surface area contributed by atoms with Crippen LogP contribution in [0.3, 0.4) is 0 Å². The minimum absolute atomic E-state index is 0.198. The minimum atomic E-state index is -2.59. The number of ether oxygens (including phenoxy) is 9. The highest BCUT2D eigenvalue weighted by Gasteiger charge is 2.63. The number of aliphatic hydroxyl groups excluding tert-OH is 11. The summed E-state index contributed by atoms with van der Waals surface area (Å²) in [6.45, 7) is 4.30. The van der Waals surface area contributed by atoms with Gasteiger partial charge < -0.3 is 104 Å². The molecule has 0 saturated carbocycles. The summed E-state index contributed by atoms with van der Waals surface area (Å²) in [6.07, 6.45) is -20.3. The number of hydrogen-bond acceptors (Lipinski definition) is 21. The Bertz CT molecular complexity index is 1190. The first-order valence-electron chi connectivity index (χ1n) is 17.3. The largest absolute Gasteiger partial charge is 0.391 e. The van der Waals surface area contributed by atoms with Gasteiger partial charge >= 0.3 is 0 Å². The van der Waals surface area contributed by atoms with E-state index >= 15 is 0 Å². The van der Waals surface area contributed by atoms with Crippen molar-refractivity contribution in [1.29, 1.82) is 0 Å². The third kappa shape index (κ3) is 9.32. The highest BCUT2D eigenvalue weighted by Crippen LogP contribution is 2.41. The molecule has 4 aliphatic rings. The van der Waals surface area contributed by atoms with Crippen LogP contribution in [0.15, 0.2) is 0 Å². The van der Waals surface area contributed by atoms with Crippen LogP contribution in [-0.4, -0.2) is 222 Å². The fourth-order valence-electron chi connectivity index (χ4n) is 6.32. The summed E-state index contributed by atoms with van der Waals surface area (Å²) in [5.41, 5.74) is -1.33. The van der Waals surface area contributed by atoms with Crippen LogP contribution in [-0.2, 0) is 42.6 Å². The van der Waals surface area contributed by atoms with Crippen LogP contribution in [0, 0.1) is 0 Å². The highest BCUT2D eigenvalue weighted by molar-refractivity contribution is 5.03. The predicted octanol–water partition coefficient (Wildman–Crippen LogP) is -6.10. The van der Waals surface area contributed by atoms with E-state index in [0.29, 0.717) is 0 Å². The first kappa shape index (κ1) is 44.9. The van der Waals surface area contributed by atoms with Crippen molar-refractivity contribution in [2.75, 3.05) is 52.9 Å². The molecule has 0 radical (unpaired) electrons. The maximum atomic E-state index is 11.4. The second kappa shape index (κ2) is 16.6. The average Bonchev–Trinajstić information content (AvgIpc) is 3.68. The second-order valence-electron chi connectivity index (χ2n) is 15.9. The average molecular weight is 779 g/mol. The van der Waals surface area contributed by atoms with Crippen molar-refractivity contribution in [2.24, 2.45) is 0 Å². The van der Waals surface area contributed by atoms with Crippen LogP contribution in [0.4, 0.5) is 0 Å². The van der Waals surface area contributed by atoms with E-state index in [1.165, 1.54) is 0 Å². The third-order valence-electron chi connectivity index (χ3n) is 9.57. The van der Waals surface area contributed by atoms with Crippen LogP contribution in [0.1, 0.15) is 41.5 Å². The lowest BCUT2D eigenvalue weighted by atomic mass is 10.0. The lowest BCUT2D eigenvalue weighted by Crippen LogP contribution is -2.56. The van der Waals surface area contributed by atoms with E-state index < -0.39 is 147 Å². The fraction of sp³-hybridized carbons (Fsp3) is 1.00. The Morgan fingerprint density at radius 3 is 1.19 bits per heavy atom. The normalized spacial score (nSPS) is 46.5. The van der Waals surface area contributed by atoms with Gasteiger partial charge in [0.2, 0.25) is 23.1 Å². The maximum Gasteiger partial charge on any atom is 0.222 e. The van der Waals surface area contributed by atoms with Crippen molar-refractivity contribution in [1.82, 2.24) is 0 Å². The predicted molar refractivity (Wildman–Crippen MR) is 171 cm³/mol. The van der Waals surface area contributed by atoms with Gasteiger partial charge in [0, 0.05) is 0 Å². The van der Waals surface area contributed by atoms with E-state index in [9.17, 15) is 61.3 Å².